The van der Waals surface area contributed by atoms with E-state index >= 15 is 0 Å². The first-order chi connectivity index (χ1) is 6.84. The Labute approximate surface area is 89.8 Å². The predicted molar refractivity (Wildman–Crippen MR) is 62.7 cm³/mol. The van der Waals surface area contributed by atoms with Crippen LogP contribution in [0.5, 0.6) is 0 Å². The van der Waals surface area contributed by atoms with Gasteiger partial charge in [0, 0.05) is 23.8 Å². The monoisotopic (exact) mass is 211 g/mol. The molecule has 0 amide bonds. The summed E-state index contributed by atoms with van der Waals surface area (Å²) < 4.78 is 4.94. The Morgan fingerprint density at radius 1 is 1.21 bits per heavy atom. The van der Waals surface area contributed by atoms with Gasteiger partial charge in [-0.3, -0.25) is 0 Å². The van der Waals surface area contributed by atoms with Crippen LogP contribution in [0.1, 0.15) is 12.8 Å². The van der Waals surface area contributed by atoms with Gasteiger partial charge in [-0.25, -0.2) is 0 Å². The average Bonchev–Trinajstić information content (AvgIpc) is 2.76. The van der Waals surface area contributed by atoms with Gasteiger partial charge in [-0.2, -0.15) is 0 Å². The predicted octanol–water partition coefficient (Wildman–Crippen LogP) is 2.79. The minimum absolute atomic E-state index is 0.866. The van der Waals surface area contributed by atoms with Crippen molar-refractivity contribution in [1.82, 2.24) is 0 Å². The topological polar surface area (TPSA) is 35.2 Å². The molecule has 0 atom stereocenters. The molecule has 14 heavy (non-hydrogen) atoms. The van der Waals surface area contributed by atoms with E-state index in [0.717, 1.165) is 23.8 Å². The van der Waals surface area contributed by atoms with Crippen LogP contribution in [0.15, 0.2) is 29.2 Å². The maximum absolute atomic E-state index is 5.61. The zero-order valence-corrected chi connectivity index (χ0v) is 9.35. The smallest absolute Gasteiger partial charge is 0.0466 e. The average molecular weight is 211 g/mol. The molecule has 1 aromatic carbocycles. The standard InChI is InChI=1S/C7H9NS.C4H8O/c1-9-7-5-3-2-4-6(7)8;1-2-4-5-3-1/h2-5H,8H2,1H3;1-4H2. The van der Waals surface area contributed by atoms with Gasteiger partial charge in [0.15, 0.2) is 0 Å². The second-order valence-electron chi connectivity index (χ2n) is 3.06. The molecular weight excluding hydrogens is 194 g/mol. The second-order valence-corrected chi connectivity index (χ2v) is 3.91. The number of nitrogens with two attached hydrogens (primary N) is 1. The Morgan fingerprint density at radius 3 is 2.21 bits per heavy atom. The molecule has 1 heterocycles. The third kappa shape index (κ3) is 4.03. The number of anilines is 1. The summed E-state index contributed by atoms with van der Waals surface area (Å²) in [5, 5.41) is 0. The molecule has 0 spiro atoms. The van der Waals surface area contributed by atoms with Crippen molar-refractivity contribution >= 4 is 17.4 Å². The van der Waals surface area contributed by atoms with Gasteiger partial charge in [0.25, 0.3) is 0 Å². The summed E-state index contributed by atoms with van der Waals surface area (Å²) in [6.45, 7) is 2.00. The van der Waals surface area contributed by atoms with E-state index in [2.05, 4.69) is 0 Å². The van der Waals surface area contributed by atoms with Gasteiger partial charge >= 0.3 is 0 Å². The molecule has 0 aromatic heterocycles. The van der Waals surface area contributed by atoms with E-state index in [9.17, 15) is 0 Å². The van der Waals surface area contributed by atoms with E-state index in [4.69, 9.17) is 10.5 Å². The molecule has 78 valence electrons. The molecule has 2 rings (SSSR count). The first-order valence-corrected chi connectivity index (χ1v) is 6.03. The number of benzene rings is 1. The first kappa shape index (κ1) is 11.4. The molecule has 0 aliphatic carbocycles. The van der Waals surface area contributed by atoms with Crippen molar-refractivity contribution in [2.45, 2.75) is 17.7 Å². The molecule has 1 aliphatic rings. The van der Waals surface area contributed by atoms with Gasteiger partial charge in [0.05, 0.1) is 0 Å². The van der Waals surface area contributed by atoms with Crippen molar-refractivity contribution in [2.75, 3.05) is 25.2 Å². The highest BCUT2D eigenvalue weighted by Gasteiger charge is 1.94. The van der Waals surface area contributed by atoms with E-state index in [1.54, 1.807) is 11.8 Å². The van der Waals surface area contributed by atoms with E-state index < -0.39 is 0 Å². The molecule has 0 bridgehead atoms. The molecular formula is C11H17NOS. The van der Waals surface area contributed by atoms with Gasteiger partial charge in [0.2, 0.25) is 0 Å². The van der Waals surface area contributed by atoms with Crippen molar-refractivity contribution in [3.05, 3.63) is 24.3 Å². The highest BCUT2D eigenvalue weighted by Crippen LogP contribution is 2.20. The van der Waals surface area contributed by atoms with Crippen LogP contribution in [0.25, 0.3) is 0 Å². The van der Waals surface area contributed by atoms with Crippen molar-refractivity contribution < 1.29 is 4.74 Å². The molecule has 0 radical (unpaired) electrons. The Balaban J connectivity index is 0.000000165. The number of thioether (sulfide) groups is 1. The van der Waals surface area contributed by atoms with Gasteiger partial charge in [0.1, 0.15) is 0 Å². The minimum Gasteiger partial charge on any atom is -0.398 e. The Kier molecular flexibility index (Phi) is 5.49. The van der Waals surface area contributed by atoms with Gasteiger partial charge in [-0.05, 0) is 31.2 Å². The van der Waals surface area contributed by atoms with Crippen molar-refractivity contribution in [2.24, 2.45) is 0 Å². The highest BCUT2D eigenvalue weighted by atomic mass is 32.2. The Morgan fingerprint density at radius 2 is 1.86 bits per heavy atom. The highest BCUT2D eigenvalue weighted by molar-refractivity contribution is 7.98. The number of ether oxygens (including phenoxy) is 1. The minimum atomic E-state index is 0.866. The molecule has 2 nitrogen and oxygen atoms in total. The van der Waals surface area contributed by atoms with E-state index in [0.29, 0.717) is 0 Å². The van der Waals surface area contributed by atoms with Gasteiger partial charge in [-0.1, -0.05) is 12.1 Å². The zero-order valence-electron chi connectivity index (χ0n) is 8.53. The lowest BCUT2D eigenvalue weighted by Gasteiger charge is -1.97. The zero-order chi connectivity index (χ0) is 10.2. The molecule has 0 unspecified atom stereocenters. The van der Waals surface area contributed by atoms with E-state index in [-0.39, 0.29) is 0 Å². The second kappa shape index (κ2) is 6.74. The number of para-hydroxylation sites is 1. The fourth-order valence-corrected chi connectivity index (χ4v) is 1.70. The first-order valence-electron chi connectivity index (χ1n) is 4.81. The van der Waals surface area contributed by atoms with Crippen LogP contribution in [0.2, 0.25) is 0 Å². The Bertz CT molecular complexity index is 254. The summed E-state index contributed by atoms with van der Waals surface area (Å²) in [6.07, 6.45) is 4.58. The van der Waals surface area contributed by atoms with Gasteiger partial charge in [-0.15, -0.1) is 11.8 Å². The summed E-state index contributed by atoms with van der Waals surface area (Å²) >= 11 is 1.67. The summed E-state index contributed by atoms with van der Waals surface area (Å²) in [4.78, 5) is 1.15. The lowest BCUT2D eigenvalue weighted by atomic mass is 10.3. The van der Waals surface area contributed by atoms with E-state index in [1.807, 2.05) is 30.5 Å². The quantitative estimate of drug-likeness (QED) is 0.573. The van der Waals surface area contributed by atoms with Crippen LogP contribution in [-0.2, 0) is 4.74 Å². The molecule has 3 heteroatoms. The molecule has 0 saturated carbocycles. The van der Waals surface area contributed by atoms with Crippen LogP contribution in [0.4, 0.5) is 5.69 Å². The van der Waals surface area contributed by atoms with Crippen LogP contribution in [0.3, 0.4) is 0 Å². The molecule has 2 N–H and O–H groups in total. The number of hydrogen-bond acceptors (Lipinski definition) is 3. The Hall–Kier alpha value is -0.670. The molecule has 1 fully saturated rings. The molecule has 1 saturated heterocycles. The summed E-state index contributed by atoms with van der Waals surface area (Å²) in [5.41, 5.74) is 6.48. The third-order valence-electron chi connectivity index (χ3n) is 1.97. The summed E-state index contributed by atoms with van der Waals surface area (Å²) in [7, 11) is 0. The largest absolute Gasteiger partial charge is 0.398 e. The van der Waals surface area contributed by atoms with Crippen LogP contribution >= 0.6 is 11.8 Å². The van der Waals surface area contributed by atoms with Crippen LogP contribution < -0.4 is 5.73 Å². The SMILES string of the molecule is C1CCOC1.CSc1ccccc1N. The fourth-order valence-electron chi connectivity index (χ4n) is 1.18. The molecule has 1 aliphatic heterocycles. The van der Waals surface area contributed by atoms with Crippen molar-refractivity contribution in [3.8, 4) is 0 Å². The lowest BCUT2D eigenvalue weighted by molar-refractivity contribution is 0.198. The van der Waals surface area contributed by atoms with Crippen molar-refractivity contribution in [1.29, 1.82) is 0 Å². The fraction of sp³-hybridized carbons (Fsp3) is 0.455. The summed E-state index contributed by atoms with van der Waals surface area (Å²) in [5.74, 6) is 0. The van der Waals surface area contributed by atoms with Gasteiger partial charge < -0.3 is 10.5 Å². The normalized spacial score (nSPS) is 14.6. The van der Waals surface area contributed by atoms with Crippen LogP contribution in [-0.4, -0.2) is 19.5 Å². The van der Waals surface area contributed by atoms with E-state index in [1.165, 1.54) is 12.8 Å². The third-order valence-corrected chi connectivity index (χ3v) is 2.78. The number of hydrogen-bond donors (Lipinski definition) is 1. The maximum atomic E-state index is 5.61. The van der Waals surface area contributed by atoms with Crippen LogP contribution in [0, 0.1) is 0 Å². The maximum Gasteiger partial charge on any atom is 0.0466 e. The lowest BCUT2D eigenvalue weighted by Crippen LogP contribution is -1.85. The van der Waals surface area contributed by atoms with Crippen molar-refractivity contribution in [3.63, 3.8) is 0 Å². The molecule has 1 aromatic rings. The number of rotatable bonds is 1. The number of nitrogen functional groups attached to an aromatic ring is 1. The summed E-state index contributed by atoms with van der Waals surface area (Å²) in [6, 6.07) is 7.85.